The van der Waals surface area contributed by atoms with E-state index in [4.69, 9.17) is 31.0 Å². The first kappa shape index (κ1) is 21.4. The van der Waals surface area contributed by atoms with Gasteiger partial charge in [0.15, 0.2) is 5.82 Å². The predicted octanol–water partition coefficient (Wildman–Crippen LogP) is 5.69. The number of anilines is 3. The molecule has 1 fully saturated rings. The minimum atomic E-state index is 0.199. The largest absolute Gasteiger partial charge is 0.497 e. The minimum Gasteiger partial charge on any atom is -0.497 e. The fourth-order valence-electron chi connectivity index (χ4n) is 3.86. The van der Waals surface area contributed by atoms with E-state index >= 15 is 0 Å². The van der Waals surface area contributed by atoms with Crippen molar-refractivity contribution in [1.29, 1.82) is 0 Å². The second kappa shape index (κ2) is 9.60. The first-order valence-corrected chi connectivity index (χ1v) is 11.3. The van der Waals surface area contributed by atoms with Gasteiger partial charge in [0.05, 0.1) is 30.5 Å². The number of rotatable bonds is 6. The Morgan fingerprint density at radius 1 is 1.09 bits per heavy atom. The van der Waals surface area contributed by atoms with Gasteiger partial charge < -0.3 is 20.1 Å². The summed E-state index contributed by atoms with van der Waals surface area (Å²) >= 11 is 6.52. The smallest absolute Gasteiger partial charge is 0.223 e. The zero-order valence-corrected chi connectivity index (χ0v) is 19.0. The fourth-order valence-corrected chi connectivity index (χ4v) is 4.07. The average molecular weight is 462 g/mol. The monoisotopic (exact) mass is 461 g/mol. The normalized spacial score (nSPS) is 15.9. The summed E-state index contributed by atoms with van der Waals surface area (Å²) in [5, 5.41) is 8.24. The number of nitrogens with zero attached hydrogens (tertiary/aromatic N) is 3. The molecule has 0 radical (unpaired) electrons. The quantitative estimate of drug-likeness (QED) is 0.381. The van der Waals surface area contributed by atoms with Gasteiger partial charge in [-0.1, -0.05) is 29.8 Å². The lowest BCUT2D eigenvalue weighted by Gasteiger charge is -2.23. The van der Waals surface area contributed by atoms with Gasteiger partial charge in [0.1, 0.15) is 11.3 Å². The number of nitrogens with one attached hydrogen (secondary N) is 2. The number of halogens is 1. The summed E-state index contributed by atoms with van der Waals surface area (Å²) in [4.78, 5) is 14.2. The summed E-state index contributed by atoms with van der Waals surface area (Å²) < 4.78 is 11.0. The molecule has 0 bridgehead atoms. The molecular weight excluding hydrogens is 438 g/mol. The van der Waals surface area contributed by atoms with E-state index in [1.807, 2.05) is 60.8 Å². The summed E-state index contributed by atoms with van der Waals surface area (Å²) in [7, 11) is 1.63. The molecule has 7 nitrogen and oxygen atoms in total. The van der Waals surface area contributed by atoms with Gasteiger partial charge in [-0.3, -0.25) is 0 Å². The molecule has 4 aromatic rings. The third kappa shape index (κ3) is 4.84. The van der Waals surface area contributed by atoms with Crippen LogP contribution >= 0.6 is 11.6 Å². The van der Waals surface area contributed by atoms with Crippen molar-refractivity contribution in [2.75, 3.05) is 31.0 Å². The van der Waals surface area contributed by atoms with Crippen LogP contribution in [0.15, 0.2) is 60.8 Å². The second-order valence-electron chi connectivity index (χ2n) is 7.88. The molecule has 0 amide bonds. The highest BCUT2D eigenvalue weighted by Crippen LogP contribution is 2.34. The number of aromatic nitrogens is 3. The van der Waals surface area contributed by atoms with Crippen LogP contribution in [0.1, 0.15) is 12.8 Å². The van der Waals surface area contributed by atoms with E-state index in [9.17, 15) is 0 Å². The van der Waals surface area contributed by atoms with E-state index in [2.05, 4.69) is 15.6 Å². The Morgan fingerprint density at radius 3 is 2.76 bits per heavy atom. The molecule has 0 aliphatic carbocycles. The van der Waals surface area contributed by atoms with Crippen LogP contribution in [0.4, 0.5) is 17.5 Å². The van der Waals surface area contributed by atoms with Crippen molar-refractivity contribution < 1.29 is 9.47 Å². The van der Waals surface area contributed by atoms with Gasteiger partial charge in [-0.15, -0.1) is 0 Å². The predicted molar refractivity (Wildman–Crippen MR) is 132 cm³/mol. The van der Waals surface area contributed by atoms with Gasteiger partial charge in [0.25, 0.3) is 0 Å². The van der Waals surface area contributed by atoms with Gasteiger partial charge in [0.2, 0.25) is 5.95 Å². The molecule has 8 heteroatoms. The number of para-hydroxylation sites is 1. The van der Waals surface area contributed by atoms with Crippen LogP contribution in [-0.4, -0.2) is 41.3 Å². The molecule has 1 atom stereocenters. The van der Waals surface area contributed by atoms with Gasteiger partial charge in [-0.2, -0.15) is 0 Å². The Labute approximate surface area is 197 Å². The number of fused-ring (bicyclic) bond motifs is 1. The number of hydrogen-bond acceptors (Lipinski definition) is 7. The first-order chi connectivity index (χ1) is 16.2. The highest BCUT2D eigenvalue weighted by molar-refractivity contribution is 6.33. The lowest BCUT2D eigenvalue weighted by Crippen LogP contribution is -2.30. The summed E-state index contributed by atoms with van der Waals surface area (Å²) in [6, 6.07) is 17.5. The van der Waals surface area contributed by atoms with E-state index in [-0.39, 0.29) is 6.04 Å². The van der Waals surface area contributed by atoms with E-state index in [1.54, 1.807) is 7.11 Å². The average Bonchev–Trinajstić information content (AvgIpc) is 2.86. The van der Waals surface area contributed by atoms with Gasteiger partial charge in [0, 0.05) is 29.4 Å². The van der Waals surface area contributed by atoms with Crippen molar-refractivity contribution in [3.8, 4) is 17.0 Å². The van der Waals surface area contributed by atoms with Gasteiger partial charge in [-0.25, -0.2) is 15.0 Å². The minimum absolute atomic E-state index is 0.199. The molecule has 3 heterocycles. The topological polar surface area (TPSA) is 81.2 Å². The molecule has 0 unspecified atom stereocenters. The van der Waals surface area contributed by atoms with Crippen LogP contribution in [0, 0.1) is 0 Å². The molecule has 2 aromatic heterocycles. The summed E-state index contributed by atoms with van der Waals surface area (Å²) in [6.45, 7) is 1.46. The number of hydrogen-bond donors (Lipinski definition) is 2. The van der Waals surface area contributed by atoms with Crippen molar-refractivity contribution in [2.45, 2.75) is 18.9 Å². The highest BCUT2D eigenvalue weighted by atomic mass is 35.5. The Kier molecular flexibility index (Phi) is 6.24. The number of pyridine rings is 1. The van der Waals surface area contributed by atoms with Crippen molar-refractivity contribution in [3.63, 3.8) is 0 Å². The third-order valence-electron chi connectivity index (χ3n) is 5.55. The zero-order valence-electron chi connectivity index (χ0n) is 18.2. The molecule has 168 valence electrons. The maximum Gasteiger partial charge on any atom is 0.223 e. The molecule has 5 rings (SSSR count). The standard InChI is InChI=1S/C25H24ClN5O2/c1-32-19-9-10-21(26)20(13-19)22-12-16-14-27-25(29-18-8-5-11-33-15-18)31-23(16)24(30-22)28-17-6-3-2-4-7-17/h2-4,6-7,9-10,12-14,18H,5,8,11,15H2,1H3,(H,28,30)(H,27,29,31)/t18-/m0/s1. The second-order valence-corrected chi connectivity index (χ2v) is 8.29. The Morgan fingerprint density at radius 2 is 1.97 bits per heavy atom. The number of methoxy groups -OCH3 is 1. The Balaban J connectivity index is 1.59. The van der Waals surface area contributed by atoms with Crippen LogP contribution in [0.3, 0.4) is 0 Å². The molecule has 2 aromatic carbocycles. The Hall–Kier alpha value is -3.42. The SMILES string of the molecule is COc1ccc(Cl)c(-c2cc3cnc(N[C@H]4CCCOC4)nc3c(Nc3ccccc3)n2)c1. The molecule has 1 saturated heterocycles. The maximum absolute atomic E-state index is 6.52. The van der Waals surface area contributed by atoms with E-state index in [0.29, 0.717) is 34.8 Å². The van der Waals surface area contributed by atoms with Crippen LogP contribution in [0.5, 0.6) is 5.75 Å². The van der Waals surface area contributed by atoms with Gasteiger partial charge in [-0.05, 0) is 49.2 Å². The molecule has 1 aliphatic heterocycles. The zero-order chi connectivity index (χ0) is 22.6. The molecule has 0 spiro atoms. The van der Waals surface area contributed by atoms with Gasteiger partial charge >= 0.3 is 0 Å². The first-order valence-electron chi connectivity index (χ1n) is 10.9. The Bertz CT molecular complexity index is 1260. The summed E-state index contributed by atoms with van der Waals surface area (Å²) in [5.74, 6) is 1.89. The van der Waals surface area contributed by atoms with Crippen molar-refractivity contribution in [3.05, 3.63) is 65.8 Å². The van der Waals surface area contributed by atoms with Crippen LogP contribution < -0.4 is 15.4 Å². The van der Waals surface area contributed by atoms with E-state index in [1.165, 1.54) is 0 Å². The highest BCUT2D eigenvalue weighted by Gasteiger charge is 2.17. The fraction of sp³-hybridized carbons (Fsp3) is 0.240. The third-order valence-corrected chi connectivity index (χ3v) is 5.87. The van der Waals surface area contributed by atoms with Crippen molar-refractivity contribution in [2.24, 2.45) is 0 Å². The number of benzene rings is 2. The van der Waals surface area contributed by atoms with Crippen LogP contribution in [0.2, 0.25) is 5.02 Å². The van der Waals surface area contributed by atoms with Crippen molar-refractivity contribution >= 4 is 40.0 Å². The van der Waals surface area contributed by atoms with Crippen LogP contribution in [-0.2, 0) is 4.74 Å². The molecule has 2 N–H and O–H groups in total. The lowest BCUT2D eigenvalue weighted by atomic mass is 10.1. The number of ether oxygens (including phenoxy) is 2. The maximum atomic E-state index is 6.52. The van der Waals surface area contributed by atoms with Crippen LogP contribution in [0.25, 0.3) is 22.2 Å². The molecule has 1 aliphatic rings. The van der Waals surface area contributed by atoms with Crippen molar-refractivity contribution in [1.82, 2.24) is 15.0 Å². The van der Waals surface area contributed by atoms with E-state index in [0.717, 1.165) is 41.6 Å². The molecule has 33 heavy (non-hydrogen) atoms. The molecular formula is C25H24ClN5O2. The summed E-state index contributed by atoms with van der Waals surface area (Å²) in [6.07, 6.45) is 3.87. The molecule has 0 saturated carbocycles. The lowest BCUT2D eigenvalue weighted by molar-refractivity contribution is 0.0874. The summed E-state index contributed by atoms with van der Waals surface area (Å²) in [5.41, 5.74) is 3.11. The van der Waals surface area contributed by atoms with E-state index < -0.39 is 0 Å².